The highest BCUT2D eigenvalue weighted by Gasteiger charge is 2.31. The van der Waals surface area contributed by atoms with E-state index in [1.807, 2.05) is 6.07 Å². The number of alkyl halides is 3. The molecular weight excluding hydrogens is 286 g/mol. The molecule has 1 aromatic carbocycles. The Labute approximate surface area is 113 Å². The summed E-state index contributed by atoms with van der Waals surface area (Å²) in [4.78, 5) is 11.4. The van der Waals surface area contributed by atoms with E-state index in [9.17, 15) is 4.79 Å². The van der Waals surface area contributed by atoms with Crippen LogP contribution < -0.4 is 10.1 Å². The second kappa shape index (κ2) is 5.46. The van der Waals surface area contributed by atoms with Gasteiger partial charge < -0.3 is 10.1 Å². The van der Waals surface area contributed by atoms with Crippen LogP contribution in [0.4, 0.5) is 5.69 Å². The Balaban J connectivity index is 3.01. The second-order valence-corrected chi connectivity index (χ2v) is 5.26. The molecule has 1 N–H and O–H groups in total. The van der Waals surface area contributed by atoms with Gasteiger partial charge in [0.05, 0.1) is 18.4 Å². The molecule has 0 unspecified atom stereocenters. The second-order valence-electron chi connectivity index (χ2n) is 2.98. The number of nitriles is 1. The predicted octanol–water partition coefficient (Wildman–Crippen LogP) is 2.88. The Kier molecular flexibility index (Phi) is 4.47. The van der Waals surface area contributed by atoms with Crippen molar-refractivity contribution in [3.8, 4) is 11.8 Å². The molecule has 0 aromatic heterocycles. The number of benzene rings is 1. The molecule has 0 aliphatic carbocycles. The number of halogens is 3. The molecule has 17 heavy (non-hydrogen) atoms. The molecule has 0 atom stereocenters. The first-order chi connectivity index (χ1) is 7.88. The van der Waals surface area contributed by atoms with Gasteiger partial charge in [-0.3, -0.25) is 4.79 Å². The summed E-state index contributed by atoms with van der Waals surface area (Å²) in [5.41, 5.74) is 0.469. The quantitative estimate of drug-likeness (QED) is 0.853. The molecule has 1 rings (SSSR count). The molecule has 0 aliphatic heterocycles. The van der Waals surface area contributed by atoms with Crippen LogP contribution in [0.1, 0.15) is 5.56 Å². The van der Waals surface area contributed by atoms with Crippen molar-refractivity contribution in [2.75, 3.05) is 12.4 Å². The van der Waals surface area contributed by atoms with E-state index in [-0.39, 0.29) is 11.3 Å². The van der Waals surface area contributed by atoms with Crippen molar-refractivity contribution >= 4 is 46.4 Å². The molecule has 0 saturated carbocycles. The zero-order chi connectivity index (χ0) is 13.1. The largest absolute Gasteiger partial charge is 0.497 e. The average molecular weight is 294 g/mol. The smallest absolute Gasteiger partial charge is 0.276 e. The van der Waals surface area contributed by atoms with Crippen LogP contribution in [0.5, 0.6) is 5.75 Å². The highest BCUT2D eigenvalue weighted by atomic mass is 35.6. The maximum atomic E-state index is 11.4. The van der Waals surface area contributed by atoms with Crippen LogP contribution in [0.25, 0.3) is 0 Å². The first-order valence-corrected chi connectivity index (χ1v) is 5.48. The SMILES string of the molecule is COc1ccc(NC(=O)C(Cl)(Cl)Cl)c(C#N)c1. The number of methoxy groups -OCH3 is 1. The summed E-state index contributed by atoms with van der Waals surface area (Å²) in [5.74, 6) is -0.336. The van der Waals surface area contributed by atoms with Crippen LogP contribution in [0.15, 0.2) is 18.2 Å². The minimum Gasteiger partial charge on any atom is -0.497 e. The van der Waals surface area contributed by atoms with Gasteiger partial charge in [0.1, 0.15) is 11.8 Å². The lowest BCUT2D eigenvalue weighted by Gasteiger charge is -2.12. The van der Waals surface area contributed by atoms with E-state index in [1.54, 1.807) is 6.07 Å². The fourth-order valence-corrected chi connectivity index (χ4v) is 1.19. The molecule has 0 aliphatic rings. The number of nitrogens with zero attached hydrogens (tertiary/aromatic N) is 1. The van der Waals surface area contributed by atoms with E-state index in [1.165, 1.54) is 19.2 Å². The topological polar surface area (TPSA) is 62.1 Å². The lowest BCUT2D eigenvalue weighted by Crippen LogP contribution is -2.27. The van der Waals surface area contributed by atoms with E-state index in [0.29, 0.717) is 5.75 Å². The van der Waals surface area contributed by atoms with E-state index in [4.69, 9.17) is 44.8 Å². The zero-order valence-electron chi connectivity index (χ0n) is 8.63. The summed E-state index contributed by atoms with van der Waals surface area (Å²) in [5, 5.41) is 11.2. The summed E-state index contributed by atoms with van der Waals surface area (Å²) in [6.45, 7) is 0. The third-order valence-electron chi connectivity index (χ3n) is 1.85. The van der Waals surface area contributed by atoms with Gasteiger partial charge in [-0.05, 0) is 18.2 Å². The first-order valence-electron chi connectivity index (χ1n) is 4.35. The number of hydrogen-bond donors (Lipinski definition) is 1. The Morgan fingerprint density at radius 3 is 2.59 bits per heavy atom. The van der Waals surface area contributed by atoms with Gasteiger partial charge in [-0.15, -0.1) is 0 Å². The van der Waals surface area contributed by atoms with Crippen LogP contribution >= 0.6 is 34.8 Å². The van der Waals surface area contributed by atoms with Crippen LogP contribution in [-0.4, -0.2) is 16.8 Å². The molecular formula is C10H7Cl3N2O2. The highest BCUT2D eigenvalue weighted by molar-refractivity contribution is 6.76. The van der Waals surface area contributed by atoms with Crippen molar-refractivity contribution in [2.24, 2.45) is 0 Å². The standard InChI is InChI=1S/C10H7Cl3N2O2/c1-17-7-2-3-8(6(4-7)5-14)15-9(16)10(11,12)13/h2-4H,1H3,(H,15,16). The molecule has 1 aromatic rings. The van der Waals surface area contributed by atoms with Crippen molar-refractivity contribution in [3.05, 3.63) is 23.8 Å². The molecule has 0 heterocycles. The lowest BCUT2D eigenvalue weighted by molar-refractivity contribution is -0.115. The van der Waals surface area contributed by atoms with Crippen molar-refractivity contribution in [1.82, 2.24) is 0 Å². The number of anilines is 1. The number of ether oxygens (including phenoxy) is 1. The molecule has 0 spiro atoms. The number of hydrogen-bond acceptors (Lipinski definition) is 3. The molecule has 0 bridgehead atoms. The summed E-state index contributed by atoms with van der Waals surface area (Å²) >= 11 is 16.2. The average Bonchev–Trinajstić information content (AvgIpc) is 2.28. The number of carbonyl (C=O) groups excluding carboxylic acids is 1. The van der Waals surface area contributed by atoms with Gasteiger partial charge in [-0.1, -0.05) is 34.8 Å². The van der Waals surface area contributed by atoms with Crippen LogP contribution in [-0.2, 0) is 4.79 Å². The minimum absolute atomic E-state index is 0.215. The fourth-order valence-electron chi connectivity index (χ4n) is 1.05. The normalized spacial score (nSPS) is 10.5. The first kappa shape index (κ1) is 13.9. The summed E-state index contributed by atoms with van der Waals surface area (Å²) in [6.07, 6.45) is 0. The van der Waals surface area contributed by atoms with Gasteiger partial charge in [0.25, 0.3) is 9.70 Å². The maximum Gasteiger partial charge on any atom is 0.276 e. The van der Waals surface area contributed by atoms with E-state index >= 15 is 0 Å². The molecule has 1 amide bonds. The van der Waals surface area contributed by atoms with Crippen molar-refractivity contribution < 1.29 is 9.53 Å². The molecule has 7 heteroatoms. The third-order valence-corrected chi connectivity index (χ3v) is 2.37. The van der Waals surface area contributed by atoms with Gasteiger partial charge in [0.15, 0.2) is 0 Å². The molecule has 90 valence electrons. The Morgan fingerprint density at radius 1 is 1.47 bits per heavy atom. The van der Waals surface area contributed by atoms with Crippen molar-refractivity contribution in [3.63, 3.8) is 0 Å². The minimum atomic E-state index is -2.08. The van der Waals surface area contributed by atoms with Crippen LogP contribution in [0.2, 0.25) is 0 Å². The summed E-state index contributed by atoms with van der Waals surface area (Å²) in [6, 6.07) is 6.44. The van der Waals surface area contributed by atoms with E-state index < -0.39 is 9.70 Å². The van der Waals surface area contributed by atoms with E-state index in [0.717, 1.165) is 0 Å². The Morgan fingerprint density at radius 2 is 2.12 bits per heavy atom. The summed E-state index contributed by atoms with van der Waals surface area (Å²) in [7, 11) is 1.47. The van der Waals surface area contributed by atoms with E-state index in [2.05, 4.69) is 5.32 Å². The van der Waals surface area contributed by atoms with Crippen LogP contribution in [0.3, 0.4) is 0 Å². The maximum absolute atomic E-state index is 11.4. The van der Waals surface area contributed by atoms with Gasteiger partial charge in [0.2, 0.25) is 0 Å². The van der Waals surface area contributed by atoms with Crippen molar-refractivity contribution in [2.45, 2.75) is 3.79 Å². The predicted molar refractivity (Wildman–Crippen MR) is 66.6 cm³/mol. The van der Waals surface area contributed by atoms with Crippen LogP contribution in [0, 0.1) is 11.3 Å². The highest BCUT2D eigenvalue weighted by Crippen LogP contribution is 2.29. The molecule has 0 fully saturated rings. The number of rotatable bonds is 2. The van der Waals surface area contributed by atoms with Crippen molar-refractivity contribution in [1.29, 1.82) is 5.26 Å². The number of nitrogens with one attached hydrogen (secondary N) is 1. The van der Waals surface area contributed by atoms with Gasteiger partial charge >= 0.3 is 0 Å². The summed E-state index contributed by atoms with van der Waals surface area (Å²) < 4.78 is 2.87. The Hall–Kier alpha value is -1.15. The Bertz CT molecular complexity index is 477. The molecule has 0 radical (unpaired) electrons. The molecule has 0 saturated heterocycles. The number of carbonyl (C=O) groups is 1. The zero-order valence-corrected chi connectivity index (χ0v) is 10.9. The fraction of sp³-hybridized carbons (Fsp3) is 0.200. The third kappa shape index (κ3) is 3.67. The van der Waals surface area contributed by atoms with Gasteiger partial charge in [-0.2, -0.15) is 5.26 Å². The number of amides is 1. The van der Waals surface area contributed by atoms with Gasteiger partial charge in [0, 0.05) is 0 Å². The monoisotopic (exact) mass is 292 g/mol. The van der Waals surface area contributed by atoms with Gasteiger partial charge in [-0.25, -0.2) is 0 Å². The lowest BCUT2D eigenvalue weighted by atomic mass is 10.2. The molecule has 4 nitrogen and oxygen atoms in total.